The molecule has 5 heteroatoms. The van der Waals surface area contributed by atoms with E-state index in [1.807, 2.05) is 0 Å². The summed E-state index contributed by atoms with van der Waals surface area (Å²) in [5.74, 6) is 0. The average molecular weight is 290 g/mol. The fraction of sp³-hybridized carbons (Fsp3) is 0.857. The van der Waals surface area contributed by atoms with Crippen molar-refractivity contribution in [3.05, 3.63) is 12.7 Å². The Morgan fingerprint density at radius 2 is 1.79 bits per heavy atom. The lowest BCUT2D eigenvalue weighted by Crippen LogP contribution is -2.47. The molecule has 0 aliphatic carbocycles. The fourth-order valence-electron chi connectivity index (χ4n) is 1.80. The van der Waals surface area contributed by atoms with Crippen molar-refractivity contribution in [3.8, 4) is 0 Å². The Balaban J connectivity index is 4.37. The van der Waals surface area contributed by atoms with Crippen LogP contribution in [0.1, 0.15) is 46.0 Å². The molecule has 0 heterocycles. The topological polar surface area (TPSA) is 36.9 Å². The van der Waals surface area contributed by atoms with Gasteiger partial charge in [-0.25, -0.2) is 0 Å². The third-order valence-electron chi connectivity index (χ3n) is 2.90. The summed E-state index contributed by atoms with van der Waals surface area (Å²) in [5, 5.41) is 0. The molecule has 0 saturated heterocycles. The minimum Gasteiger partial charge on any atom is -0.377 e. The van der Waals surface area contributed by atoms with E-state index in [0.717, 1.165) is 18.9 Å². The van der Waals surface area contributed by atoms with Crippen LogP contribution in [0.3, 0.4) is 0 Å². The summed E-state index contributed by atoms with van der Waals surface area (Å²) < 4.78 is 22.8. The number of hydrogen-bond acceptors (Lipinski definition) is 4. The second-order valence-electron chi connectivity index (χ2n) is 4.49. The molecule has 0 amide bonds. The molecule has 0 saturated carbocycles. The Hall–Kier alpha value is -0.203. The zero-order chi connectivity index (χ0) is 14.6. The van der Waals surface area contributed by atoms with Crippen LogP contribution in [0.15, 0.2) is 12.7 Å². The van der Waals surface area contributed by atoms with Crippen LogP contribution in [0.25, 0.3) is 0 Å². The van der Waals surface area contributed by atoms with E-state index in [-0.39, 0.29) is 6.29 Å². The minimum atomic E-state index is -2.59. The summed E-state index contributed by atoms with van der Waals surface area (Å²) in [6, 6.07) is 0.798. The van der Waals surface area contributed by atoms with Crippen molar-refractivity contribution in [2.45, 2.75) is 58.3 Å². The molecule has 0 aromatic heterocycles. The van der Waals surface area contributed by atoms with Gasteiger partial charge in [0.15, 0.2) is 6.29 Å². The standard InChI is InChI=1S/C14H30O4Si/c1-6-9-10-12-17-14(11-7-2)18-19(15-4,16-5)13-8-3/h7,14H,2,6,8-13H2,1,3-5H3. The quantitative estimate of drug-likeness (QED) is 0.224. The molecule has 0 rings (SSSR count). The maximum atomic E-state index is 6.00. The summed E-state index contributed by atoms with van der Waals surface area (Å²) in [4.78, 5) is 0. The van der Waals surface area contributed by atoms with Crippen molar-refractivity contribution in [2.75, 3.05) is 20.8 Å². The first-order valence-corrected chi connectivity index (χ1v) is 9.11. The van der Waals surface area contributed by atoms with Gasteiger partial charge >= 0.3 is 8.80 Å². The lowest BCUT2D eigenvalue weighted by molar-refractivity contribution is -0.113. The molecular weight excluding hydrogens is 260 g/mol. The van der Waals surface area contributed by atoms with Gasteiger partial charge in [0.05, 0.1) is 0 Å². The Morgan fingerprint density at radius 1 is 1.11 bits per heavy atom. The highest BCUT2D eigenvalue weighted by Crippen LogP contribution is 2.20. The molecule has 0 radical (unpaired) electrons. The average Bonchev–Trinajstić information content (AvgIpc) is 2.43. The number of hydrogen-bond donors (Lipinski definition) is 0. The Bertz CT molecular complexity index is 219. The molecule has 0 aliphatic heterocycles. The number of unbranched alkanes of at least 4 members (excludes halogenated alkanes) is 2. The summed E-state index contributed by atoms with van der Waals surface area (Å²) in [7, 11) is 0.708. The normalized spacial score (nSPS) is 13.5. The highest BCUT2D eigenvalue weighted by atomic mass is 28.4. The second-order valence-corrected chi connectivity index (χ2v) is 7.41. The second kappa shape index (κ2) is 11.6. The molecule has 1 unspecified atom stereocenters. The van der Waals surface area contributed by atoms with Gasteiger partial charge in [-0.3, -0.25) is 0 Å². The van der Waals surface area contributed by atoms with E-state index in [1.165, 1.54) is 12.8 Å². The van der Waals surface area contributed by atoms with Crippen LogP contribution in [0, 0.1) is 0 Å². The van der Waals surface area contributed by atoms with Crippen LogP contribution in [-0.2, 0) is 18.0 Å². The SMILES string of the molecule is C=CCC(OCCCCC)O[Si](CCC)(OC)OC. The monoisotopic (exact) mass is 290 g/mol. The summed E-state index contributed by atoms with van der Waals surface area (Å²) >= 11 is 0. The first-order chi connectivity index (χ1) is 9.17. The van der Waals surface area contributed by atoms with Crippen molar-refractivity contribution >= 4 is 8.80 Å². The van der Waals surface area contributed by atoms with Crippen LogP contribution in [-0.4, -0.2) is 35.9 Å². The van der Waals surface area contributed by atoms with Gasteiger partial charge in [0.25, 0.3) is 0 Å². The van der Waals surface area contributed by atoms with Crippen LogP contribution in [0.5, 0.6) is 0 Å². The van der Waals surface area contributed by atoms with E-state index in [4.69, 9.17) is 18.0 Å². The predicted molar refractivity (Wildman–Crippen MR) is 80.0 cm³/mol. The van der Waals surface area contributed by atoms with Crippen LogP contribution >= 0.6 is 0 Å². The lowest BCUT2D eigenvalue weighted by Gasteiger charge is -2.30. The van der Waals surface area contributed by atoms with Gasteiger partial charge in [-0.15, -0.1) is 6.58 Å². The molecular formula is C14H30O4Si. The number of ether oxygens (including phenoxy) is 1. The highest BCUT2D eigenvalue weighted by molar-refractivity contribution is 6.60. The molecule has 1 atom stereocenters. The lowest BCUT2D eigenvalue weighted by atomic mass is 10.3. The maximum Gasteiger partial charge on any atom is 0.502 e. The Morgan fingerprint density at radius 3 is 2.26 bits per heavy atom. The zero-order valence-electron chi connectivity index (χ0n) is 12.9. The molecule has 114 valence electrons. The van der Waals surface area contributed by atoms with Crippen molar-refractivity contribution in [3.63, 3.8) is 0 Å². The largest absolute Gasteiger partial charge is 0.502 e. The minimum absolute atomic E-state index is 0.313. The van der Waals surface area contributed by atoms with Gasteiger partial charge in [0, 0.05) is 33.3 Å². The summed E-state index contributed by atoms with van der Waals surface area (Å²) in [6.45, 7) is 8.72. The first-order valence-electron chi connectivity index (χ1n) is 7.18. The van der Waals surface area contributed by atoms with Gasteiger partial charge in [0.2, 0.25) is 0 Å². The van der Waals surface area contributed by atoms with E-state index < -0.39 is 8.80 Å². The highest BCUT2D eigenvalue weighted by Gasteiger charge is 2.40. The van der Waals surface area contributed by atoms with Gasteiger partial charge in [-0.2, -0.15) is 0 Å². The van der Waals surface area contributed by atoms with E-state index >= 15 is 0 Å². The zero-order valence-corrected chi connectivity index (χ0v) is 13.9. The Labute approximate surface area is 119 Å². The Kier molecular flexibility index (Phi) is 11.5. The van der Waals surface area contributed by atoms with Crippen molar-refractivity contribution < 1.29 is 18.0 Å². The van der Waals surface area contributed by atoms with Crippen LogP contribution in [0.4, 0.5) is 0 Å². The maximum absolute atomic E-state index is 6.00. The van der Waals surface area contributed by atoms with Crippen molar-refractivity contribution in [1.82, 2.24) is 0 Å². The molecule has 0 bridgehead atoms. The molecule has 0 N–H and O–H groups in total. The fourth-order valence-corrected chi connectivity index (χ4v) is 3.86. The van der Waals surface area contributed by atoms with Gasteiger partial charge < -0.3 is 18.0 Å². The van der Waals surface area contributed by atoms with E-state index in [2.05, 4.69) is 20.4 Å². The third-order valence-corrected chi connectivity index (χ3v) is 5.88. The molecule has 19 heavy (non-hydrogen) atoms. The van der Waals surface area contributed by atoms with E-state index in [9.17, 15) is 0 Å². The molecule has 0 fully saturated rings. The van der Waals surface area contributed by atoms with Gasteiger partial charge in [-0.05, 0) is 6.42 Å². The summed E-state index contributed by atoms with van der Waals surface area (Å²) in [6.07, 6.45) is 6.51. The van der Waals surface area contributed by atoms with Crippen molar-refractivity contribution in [1.29, 1.82) is 0 Å². The summed E-state index contributed by atoms with van der Waals surface area (Å²) in [5.41, 5.74) is 0. The molecule has 0 aromatic rings. The van der Waals surface area contributed by atoms with E-state index in [0.29, 0.717) is 13.0 Å². The van der Waals surface area contributed by atoms with Crippen LogP contribution < -0.4 is 0 Å². The number of rotatable bonds is 13. The molecule has 0 aliphatic rings. The van der Waals surface area contributed by atoms with E-state index in [1.54, 1.807) is 20.3 Å². The van der Waals surface area contributed by atoms with Crippen LogP contribution in [0.2, 0.25) is 6.04 Å². The van der Waals surface area contributed by atoms with Gasteiger partial charge in [0.1, 0.15) is 0 Å². The van der Waals surface area contributed by atoms with Gasteiger partial charge in [-0.1, -0.05) is 39.2 Å². The third kappa shape index (κ3) is 7.84. The first kappa shape index (κ1) is 18.8. The molecule has 0 aromatic carbocycles. The molecule has 0 spiro atoms. The molecule has 4 nitrogen and oxygen atoms in total. The predicted octanol–water partition coefficient (Wildman–Crippen LogP) is 3.75. The van der Waals surface area contributed by atoms with Crippen molar-refractivity contribution in [2.24, 2.45) is 0 Å². The smallest absolute Gasteiger partial charge is 0.377 e.